The first-order valence-corrected chi connectivity index (χ1v) is 7.56. The molecule has 1 atom stereocenters. The Hall–Kier alpha value is -1.59. The van der Waals surface area contributed by atoms with Crippen LogP contribution in [0.2, 0.25) is 0 Å². The second kappa shape index (κ2) is 6.91. The summed E-state index contributed by atoms with van der Waals surface area (Å²) in [6.07, 6.45) is -0.197. The molecule has 1 amide bonds. The lowest BCUT2D eigenvalue weighted by Gasteiger charge is -2.11. The maximum absolute atomic E-state index is 12.0. The van der Waals surface area contributed by atoms with Crippen molar-refractivity contribution in [2.75, 3.05) is 6.54 Å². The van der Waals surface area contributed by atoms with Gasteiger partial charge >= 0.3 is 0 Å². The van der Waals surface area contributed by atoms with Gasteiger partial charge in [-0.3, -0.25) is 4.79 Å². The van der Waals surface area contributed by atoms with E-state index < -0.39 is 6.10 Å². The fourth-order valence-electron chi connectivity index (χ4n) is 2.20. The van der Waals surface area contributed by atoms with Gasteiger partial charge in [0.25, 0.3) is 5.91 Å². The van der Waals surface area contributed by atoms with Crippen molar-refractivity contribution in [1.29, 1.82) is 0 Å². The Morgan fingerprint density at radius 1 is 1.38 bits per heavy atom. The van der Waals surface area contributed by atoms with Crippen LogP contribution in [-0.2, 0) is 0 Å². The number of aliphatic hydroxyl groups is 1. The summed E-state index contributed by atoms with van der Waals surface area (Å²) in [6, 6.07) is 9.07. The van der Waals surface area contributed by atoms with Gasteiger partial charge in [-0.25, -0.2) is 0 Å². The predicted molar refractivity (Wildman–Crippen MR) is 84.2 cm³/mol. The highest BCUT2D eigenvalue weighted by Gasteiger charge is 2.15. The quantitative estimate of drug-likeness (QED) is 0.866. The molecule has 5 heteroatoms. The molecule has 0 aliphatic carbocycles. The number of rotatable bonds is 5. The predicted octanol–water partition coefficient (Wildman–Crippen LogP) is 3.51. The average Bonchev–Trinajstić information content (AvgIpc) is 2.78. The zero-order valence-electron chi connectivity index (χ0n) is 12.0. The van der Waals surface area contributed by atoms with Gasteiger partial charge in [0.1, 0.15) is 11.5 Å². The number of carbonyl (C=O) groups is 1. The summed E-state index contributed by atoms with van der Waals surface area (Å²) < 4.78 is 6.15. The molecule has 1 unspecified atom stereocenters. The second-order valence-electron chi connectivity index (χ2n) is 4.91. The first kappa shape index (κ1) is 15.8. The first-order chi connectivity index (χ1) is 9.99. The summed E-state index contributed by atoms with van der Waals surface area (Å²) in [5, 5.41) is 12.9. The molecule has 1 aromatic carbocycles. The standard InChI is InChI=1S/C16H18BrNO3/c1-10-9-13(11(2)21-10)15(19)7-8-18-16(20)12-5-3-4-6-14(12)17/h3-6,9,15,19H,7-8H2,1-2H3,(H,18,20). The summed E-state index contributed by atoms with van der Waals surface area (Å²) in [4.78, 5) is 12.0. The Labute approximate surface area is 132 Å². The van der Waals surface area contributed by atoms with E-state index in [1.807, 2.05) is 38.1 Å². The molecule has 112 valence electrons. The number of furan rings is 1. The molecule has 21 heavy (non-hydrogen) atoms. The summed E-state index contributed by atoms with van der Waals surface area (Å²) in [5.74, 6) is 1.34. The fourth-order valence-corrected chi connectivity index (χ4v) is 2.66. The van der Waals surface area contributed by atoms with Gasteiger partial charge in [-0.2, -0.15) is 0 Å². The summed E-state index contributed by atoms with van der Waals surface area (Å²) >= 11 is 3.34. The maximum atomic E-state index is 12.0. The van der Waals surface area contributed by atoms with Crippen LogP contribution in [0.1, 0.15) is 40.0 Å². The highest BCUT2D eigenvalue weighted by Crippen LogP contribution is 2.23. The number of amides is 1. The van der Waals surface area contributed by atoms with Crippen molar-refractivity contribution in [3.8, 4) is 0 Å². The van der Waals surface area contributed by atoms with Crippen LogP contribution in [0.5, 0.6) is 0 Å². The van der Waals surface area contributed by atoms with E-state index in [-0.39, 0.29) is 5.91 Å². The lowest BCUT2D eigenvalue weighted by Crippen LogP contribution is -2.26. The smallest absolute Gasteiger partial charge is 0.252 e. The minimum absolute atomic E-state index is 0.158. The zero-order valence-corrected chi connectivity index (χ0v) is 13.6. The number of carbonyl (C=O) groups excluding carboxylic acids is 1. The van der Waals surface area contributed by atoms with Crippen molar-refractivity contribution in [2.45, 2.75) is 26.4 Å². The number of halogens is 1. The van der Waals surface area contributed by atoms with Gasteiger partial charge in [0.05, 0.1) is 11.7 Å². The minimum Gasteiger partial charge on any atom is -0.466 e. The Morgan fingerprint density at radius 2 is 2.10 bits per heavy atom. The third-order valence-electron chi connectivity index (χ3n) is 3.26. The van der Waals surface area contributed by atoms with Gasteiger partial charge in [-0.1, -0.05) is 12.1 Å². The second-order valence-corrected chi connectivity index (χ2v) is 5.76. The molecule has 0 aliphatic rings. The lowest BCUT2D eigenvalue weighted by molar-refractivity contribution is 0.0941. The molecule has 0 aliphatic heterocycles. The Balaban J connectivity index is 1.88. The highest BCUT2D eigenvalue weighted by molar-refractivity contribution is 9.10. The van der Waals surface area contributed by atoms with Crippen molar-refractivity contribution < 1.29 is 14.3 Å². The SMILES string of the molecule is Cc1cc(C(O)CCNC(=O)c2ccccc2Br)c(C)o1. The molecule has 0 saturated heterocycles. The fraction of sp³-hybridized carbons (Fsp3) is 0.312. The van der Waals surface area contributed by atoms with Crippen LogP contribution in [-0.4, -0.2) is 17.6 Å². The topological polar surface area (TPSA) is 62.5 Å². The number of aliphatic hydroxyl groups excluding tert-OH is 1. The maximum Gasteiger partial charge on any atom is 0.252 e. The number of nitrogens with one attached hydrogen (secondary N) is 1. The van der Waals surface area contributed by atoms with E-state index in [1.165, 1.54) is 0 Å². The number of benzene rings is 1. The van der Waals surface area contributed by atoms with E-state index in [9.17, 15) is 9.90 Å². The van der Waals surface area contributed by atoms with Crippen LogP contribution in [0.15, 0.2) is 39.2 Å². The normalized spacial score (nSPS) is 12.2. The van der Waals surface area contributed by atoms with Gasteiger partial charge in [-0.05, 0) is 54.4 Å². The summed E-state index contributed by atoms with van der Waals surface area (Å²) in [5.41, 5.74) is 1.37. The van der Waals surface area contributed by atoms with Crippen molar-refractivity contribution in [1.82, 2.24) is 5.32 Å². The molecule has 2 rings (SSSR count). The lowest BCUT2D eigenvalue weighted by atomic mass is 10.1. The molecule has 0 fully saturated rings. The van der Waals surface area contributed by atoms with Crippen LogP contribution in [0.4, 0.5) is 0 Å². The van der Waals surface area contributed by atoms with Gasteiger partial charge in [0.2, 0.25) is 0 Å². The third-order valence-corrected chi connectivity index (χ3v) is 3.95. The first-order valence-electron chi connectivity index (χ1n) is 6.76. The zero-order chi connectivity index (χ0) is 15.4. The molecule has 1 heterocycles. The number of hydrogen-bond acceptors (Lipinski definition) is 3. The van der Waals surface area contributed by atoms with Crippen molar-refractivity contribution in [3.63, 3.8) is 0 Å². The van der Waals surface area contributed by atoms with Crippen molar-refractivity contribution in [2.24, 2.45) is 0 Å². The molecule has 1 aromatic heterocycles. The summed E-state index contributed by atoms with van der Waals surface area (Å²) in [7, 11) is 0. The Kier molecular flexibility index (Phi) is 5.20. The van der Waals surface area contributed by atoms with E-state index in [4.69, 9.17) is 4.42 Å². The Bertz CT molecular complexity index is 636. The van der Waals surface area contributed by atoms with Gasteiger partial charge in [-0.15, -0.1) is 0 Å². The van der Waals surface area contributed by atoms with Crippen LogP contribution in [0.3, 0.4) is 0 Å². The van der Waals surface area contributed by atoms with Gasteiger partial charge in [0, 0.05) is 16.6 Å². The van der Waals surface area contributed by atoms with Crippen molar-refractivity contribution in [3.05, 3.63) is 57.5 Å². The molecule has 2 aromatic rings. The Morgan fingerprint density at radius 3 is 2.71 bits per heavy atom. The van der Waals surface area contributed by atoms with E-state index in [1.54, 1.807) is 6.07 Å². The molecule has 0 radical (unpaired) electrons. The highest BCUT2D eigenvalue weighted by atomic mass is 79.9. The number of aryl methyl sites for hydroxylation is 2. The van der Waals surface area contributed by atoms with Crippen LogP contribution in [0, 0.1) is 13.8 Å². The minimum atomic E-state index is -0.637. The monoisotopic (exact) mass is 351 g/mol. The molecule has 2 N–H and O–H groups in total. The van der Waals surface area contributed by atoms with Crippen LogP contribution < -0.4 is 5.32 Å². The third kappa shape index (κ3) is 3.95. The van der Waals surface area contributed by atoms with E-state index in [2.05, 4.69) is 21.2 Å². The van der Waals surface area contributed by atoms with Gasteiger partial charge in [0.15, 0.2) is 0 Å². The van der Waals surface area contributed by atoms with Crippen LogP contribution >= 0.6 is 15.9 Å². The molecule has 4 nitrogen and oxygen atoms in total. The summed E-state index contributed by atoms with van der Waals surface area (Å²) in [6.45, 7) is 4.06. The molecule has 0 saturated carbocycles. The largest absolute Gasteiger partial charge is 0.466 e. The van der Waals surface area contributed by atoms with Crippen LogP contribution in [0.25, 0.3) is 0 Å². The molecular weight excluding hydrogens is 334 g/mol. The molecule has 0 bridgehead atoms. The van der Waals surface area contributed by atoms with E-state index in [0.717, 1.165) is 21.6 Å². The van der Waals surface area contributed by atoms with Crippen molar-refractivity contribution >= 4 is 21.8 Å². The number of hydrogen-bond donors (Lipinski definition) is 2. The molecule has 0 spiro atoms. The van der Waals surface area contributed by atoms with E-state index >= 15 is 0 Å². The van der Waals surface area contributed by atoms with Gasteiger partial charge < -0.3 is 14.8 Å². The molecular formula is C16H18BrNO3. The average molecular weight is 352 g/mol. The van der Waals surface area contributed by atoms with E-state index in [0.29, 0.717) is 18.5 Å².